The third kappa shape index (κ3) is 4.95. The molecule has 30 heavy (non-hydrogen) atoms. The molecular formula is C19H15ClF3N3O3S. The van der Waals surface area contributed by atoms with Crippen molar-refractivity contribution >= 4 is 28.3 Å². The van der Waals surface area contributed by atoms with Crippen molar-refractivity contribution in [3.63, 3.8) is 0 Å². The Hall–Kier alpha value is -2.98. The van der Waals surface area contributed by atoms with Crippen LogP contribution >= 0.6 is 11.3 Å². The lowest BCUT2D eigenvalue weighted by atomic mass is 10.1. The molecule has 1 aromatic carbocycles. The number of H-pyrrole nitrogens is 1. The summed E-state index contributed by atoms with van der Waals surface area (Å²) < 4.78 is 43.8. The van der Waals surface area contributed by atoms with Crippen molar-refractivity contribution in [2.24, 2.45) is 0 Å². The molecule has 0 aliphatic carbocycles. The lowest BCUT2D eigenvalue weighted by Gasteiger charge is -2.08. The van der Waals surface area contributed by atoms with Gasteiger partial charge in [0, 0.05) is 11.6 Å². The normalized spacial score (nSPS) is 10.8. The minimum absolute atomic E-state index is 0. The molecule has 0 aliphatic heterocycles. The largest absolute Gasteiger partial charge is 1.00 e. The van der Waals surface area contributed by atoms with E-state index < -0.39 is 23.6 Å². The van der Waals surface area contributed by atoms with Crippen LogP contribution in [0.2, 0.25) is 0 Å². The van der Waals surface area contributed by atoms with Crippen molar-refractivity contribution in [2.45, 2.75) is 13.1 Å². The van der Waals surface area contributed by atoms with Crippen molar-refractivity contribution in [1.82, 2.24) is 4.98 Å². The van der Waals surface area contributed by atoms with E-state index in [4.69, 9.17) is 0 Å². The van der Waals surface area contributed by atoms with Gasteiger partial charge in [-0.15, -0.1) is 0 Å². The number of hydrogen-bond acceptors (Lipinski definition) is 5. The molecule has 0 aliphatic rings. The highest BCUT2D eigenvalue weighted by molar-refractivity contribution is 7.19. The summed E-state index contributed by atoms with van der Waals surface area (Å²) >= 11 is 0.885. The van der Waals surface area contributed by atoms with Gasteiger partial charge in [0.1, 0.15) is 0 Å². The fourth-order valence-electron chi connectivity index (χ4n) is 2.57. The van der Waals surface area contributed by atoms with E-state index in [1.165, 1.54) is 12.1 Å². The number of amides is 1. The second-order valence-electron chi connectivity index (χ2n) is 5.96. The number of benzene rings is 1. The quantitative estimate of drug-likeness (QED) is 0.592. The molecule has 0 saturated carbocycles. The molecule has 3 rings (SSSR count). The molecule has 0 fully saturated rings. The van der Waals surface area contributed by atoms with Gasteiger partial charge in [0.25, 0.3) is 5.91 Å². The fourth-order valence-corrected chi connectivity index (χ4v) is 3.52. The van der Waals surface area contributed by atoms with E-state index in [-0.39, 0.29) is 33.7 Å². The van der Waals surface area contributed by atoms with Gasteiger partial charge < -0.3 is 17.1 Å². The molecule has 0 radical (unpaired) electrons. The Morgan fingerprint density at radius 2 is 1.97 bits per heavy atom. The zero-order valence-corrected chi connectivity index (χ0v) is 17.2. The summed E-state index contributed by atoms with van der Waals surface area (Å²) in [7, 11) is 1.14. The highest BCUT2D eigenvalue weighted by Crippen LogP contribution is 2.37. The molecular weight excluding hydrogens is 443 g/mol. The molecule has 11 heteroatoms. The minimum Gasteiger partial charge on any atom is -1.00 e. The average Bonchev–Trinajstić information content (AvgIpc) is 3.11. The van der Waals surface area contributed by atoms with Crippen molar-refractivity contribution in [3.8, 4) is 10.4 Å². The predicted octanol–water partition coefficient (Wildman–Crippen LogP) is 0.994. The van der Waals surface area contributed by atoms with Crippen molar-refractivity contribution in [1.29, 1.82) is 0 Å². The van der Waals surface area contributed by atoms with Crippen molar-refractivity contribution < 1.29 is 44.9 Å². The molecule has 0 bridgehead atoms. The first-order valence-electron chi connectivity index (χ1n) is 8.25. The van der Waals surface area contributed by atoms with Crippen LogP contribution in [-0.4, -0.2) is 24.0 Å². The maximum absolute atomic E-state index is 13.0. The number of nitrogens with one attached hydrogen (secondary N) is 2. The number of aromatic nitrogens is 2. The van der Waals surface area contributed by atoms with Gasteiger partial charge in [0.05, 0.1) is 23.1 Å². The van der Waals surface area contributed by atoms with E-state index in [9.17, 15) is 22.8 Å². The molecule has 0 spiro atoms. The summed E-state index contributed by atoms with van der Waals surface area (Å²) in [6, 6.07) is 6.09. The highest BCUT2D eigenvalue weighted by Gasteiger charge is 2.31. The van der Waals surface area contributed by atoms with Gasteiger partial charge in [-0.1, -0.05) is 23.5 Å². The highest BCUT2D eigenvalue weighted by atomic mass is 35.5. The van der Waals surface area contributed by atoms with E-state index in [1.54, 1.807) is 25.4 Å². The summed E-state index contributed by atoms with van der Waals surface area (Å²) in [4.78, 5) is 31.7. The van der Waals surface area contributed by atoms with Crippen LogP contribution in [0.15, 0.2) is 42.7 Å². The summed E-state index contributed by atoms with van der Waals surface area (Å²) in [5.74, 6) is -1.28. The van der Waals surface area contributed by atoms with Crippen molar-refractivity contribution in [2.75, 3.05) is 12.4 Å². The summed E-state index contributed by atoms with van der Waals surface area (Å²) in [6.45, 7) is 1.74. The first kappa shape index (κ1) is 23.3. The topological polar surface area (TPSA) is 82.4 Å². The van der Waals surface area contributed by atoms with Gasteiger partial charge in [0.2, 0.25) is 0 Å². The number of aryl methyl sites for hydroxylation is 1. The van der Waals surface area contributed by atoms with Crippen LogP contribution in [0.3, 0.4) is 0 Å². The molecule has 2 N–H and O–H groups in total. The number of rotatable bonds is 4. The van der Waals surface area contributed by atoms with E-state index in [0.29, 0.717) is 11.1 Å². The van der Waals surface area contributed by atoms with Gasteiger partial charge in [-0.25, -0.2) is 14.8 Å². The van der Waals surface area contributed by atoms with Crippen LogP contribution in [0, 0.1) is 6.92 Å². The van der Waals surface area contributed by atoms with Crippen LogP contribution in [0.1, 0.15) is 32.0 Å². The van der Waals surface area contributed by atoms with E-state index in [1.807, 2.05) is 0 Å². The second-order valence-corrected chi connectivity index (χ2v) is 6.96. The summed E-state index contributed by atoms with van der Waals surface area (Å²) in [6.07, 6.45) is -1.31. The third-order valence-electron chi connectivity index (χ3n) is 3.99. The number of thiazole rings is 1. The smallest absolute Gasteiger partial charge is 0.416 e. The Morgan fingerprint density at radius 1 is 1.23 bits per heavy atom. The fraction of sp³-hybridized carbons (Fsp3) is 0.158. The first-order valence-corrected chi connectivity index (χ1v) is 9.07. The number of hydrogen-bond donors (Lipinski definition) is 1. The molecule has 3 aromatic rings. The minimum atomic E-state index is -4.54. The lowest BCUT2D eigenvalue weighted by molar-refractivity contribution is -0.378. The van der Waals surface area contributed by atoms with E-state index >= 15 is 0 Å². The predicted molar refractivity (Wildman–Crippen MR) is 99.6 cm³/mol. The van der Waals surface area contributed by atoms with Crippen LogP contribution in [-0.2, 0) is 10.9 Å². The zero-order valence-electron chi connectivity index (χ0n) is 15.6. The number of pyridine rings is 1. The third-order valence-corrected chi connectivity index (χ3v) is 5.01. The van der Waals surface area contributed by atoms with Crippen LogP contribution in [0.4, 0.5) is 18.3 Å². The Morgan fingerprint density at radius 3 is 2.60 bits per heavy atom. The Bertz CT molecular complexity index is 1090. The number of methoxy groups -OCH3 is 1. The van der Waals surface area contributed by atoms with E-state index in [2.05, 4.69) is 20.0 Å². The molecule has 2 aromatic heterocycles. The average molecular weight is 458 g/mol. The molecule has 1 amide bonds. The molecule has 0 unspecified atom stereocenters. The zero-order chi connectivity index (χ0) is 21.2. The number of halogens is 4. The first-order chi connectivity index (χ1) is 13.7. The standard InChI is InChI=1S/C19H14F3N3O3S.ClH/c1-10-9-23-7-6-13(10)16(26)25-18-24-14(17(27)28-2)15(29-18)11-4-3-5-12(8-11)19(20,21)22;/h3-9H,1-2H3,(H,24,25,26);1H. The number of nitrogens with zero attached hydrogens (tertiary/aromatic N) is 1. The maximum Gasteiger partial charge on any atom is 0.416 e. The monoisotopic (exact) mass is 457 g/mol. The number of esters is 1. The van der Waals surface area contributed by atoms with Gasteiger partial charge >= 0.3 is 12.1 Å². The lowest BCUT2D eigenvalue weighted by Crippen LogP contribution is -3.00. The number of alkyl halides is 3. The summed E-state index contributed by atoms with van der Waals surface area (Å²) in [5.41, 5.74) is 0.182. The van der Waals surface area contributed by atoms with Gasteiger partial charge in [-0.3, -0.25) is 10.1 Å². The number of ether oxygens (including phenoxy) is 1. The SMILES string of the molecule is COC(=O)c1nc(NC(=O)c2cc[nH+]cc2C)sc1-c1cccc(C(F)(F)F)c1.[Cl-]. The molecule has 158 valence electrons. The molecule has 6 nitrogen and oxygen atoms in total. The van der Waals surface area contributed by atoms with Crippen LogP contribution < -0.4 is 22.7 Å². The van der Waals surface area contributed by atoms with Gasteiger partial charge in [-0.2, -0.15) is 13.2 Å². The van der Waals surface area contributed by atoms with Crippen LogP contribution in [0.25, 0.3) is 10.4 Å². The molecule has 0 saturated heterocycles. The molecule has 0 atom stereocenters. The Kier molecular flexibility index (Phi) is 7.16. The van der Waals surface area contributed by atoms with Crippen LogP contribution in [0.5, 0.6) is 0 Å². The van der Waals surface area contributed by atoms with E-state index in [0.717, 1.165) is 30.6 Å². The maximum atomic E-state index is 13.0. The number of aromatic amines is 1. The van der Waals surface area contributed by atoms with Gasteiger partial charge in [0.15, 0.2) is 23.2 Å². The molecule has 2 heterocycles. The second kappa shape index (κ2) is 9.23. The Balaban J connectivity index is 0.00000320. The number of carbonyl (C=O) groups is 2. The summed E-state index contributed by atoms with van der Waals surface area (Å²) in [5, 5.41) is 2.64. The number of anilines is 1. The number of carbonyl (C=O) groups excluding carboxylic acids is 2. The van der Waals surface area contributed by atoms with Crippen molar-refractivity contribution in [3.05, 3.63) is 65.1 Å². The van der Waals surface area contributed by atoms with Gasteiger partial charge in [-0.05, 0) is 24.6 Å². The Labute approximate surface area is 179 Å².